The number of esters is 1. The van der Waals surface area contributed by atoms with E-state index in [1.807, 2.05) is 0 Å². The van der Waals surface area contributed by atoms with Gasteiger partial charge in [0.15, 0.2) is 0 Å². The Labute approximate surface area is 109 Å². The molecule has 0 saturated carbocycles. The van der Waals surface area contributed by atoms with E-state index in [1.54, 1.807) is 13.0 Å². The van der Waals surface area contributed by atoms with E-state index in [-0.39, 0.29) is 30.2 Å². The molecule has 0 aliphatic rings. The van der Waals surface area contributed by atoms with Crippen LogP contribution in [0.3, 0.4) is 0 Å². The lowest BCUT2D eigenvalue weighted by Gasteiger charge is -2.11. The van der Waals surface area contributed by atoms with Gasteiger partial charge in [0.25, 0.3) is 0 Å². The van der Waals surface area contributed by atoms with Crippen LogP contribution in [0.2, 0.25) is 5.02 Å². The van der Waals surface area contributed by atoms with Crippen LogP contribution in [-0.2, 0) is 16.0 Å². The van der Waals surface area contributed by atoms with Gasteiger partial charge in [-0.15, -0.1) is 0 Å². The van der Waals surface area contributed by atoms with Crippen LogP contribution in [0.15, 0.2) is 18.2 Å². The standard InChI is InChI=1S/C12H13ClF2O3/c1-2-17-11(16)7-6-8-9(13)4-3-5-10(8)18-12(14)15/h3-5,12H,2,6-7H2,1H3. The van der Waals surface area contributed by atoms with Crippen molar-refractivity contribution in [1.29, 1.82) is 0 Å². The first-order valence-corrected chi connectivity index (χ1v) is 5.80. The number of carbonyl (C=O) groups excluding carboxylic acids is 1. The zero-order valence-corrected chi connectivity index (χ0v) is 10.5. The molecule has 0 atom stereocenters. The fraction of sp³-hybridized carbons (Fsp3) is 0.417. The minimum absolute atomic E-state index is 0.0122. The molecule has 0 aromatic heterocycles. The second kappa shape index (κ2) is 7.16. The molecular formula is C12H13ClF2O3. The number of halogens is 3. The van der Waals surface area contributed by atoms with Gasteiger partial charge in [-0.1, -0.05) is 17.7 Å². The molecule has 0 radical (unpaired) electrons. The van der Waals surface area contributed by atoms with Gasteiger partial charge < -0.3 is 9.47 Å². The SMILES string of the molecule is CCOC(=O)CCc1c(Cl)cccc1OC(F)F. The van der Waals surface area contributed by atoms with Crippen LogP contribution in [0.1, 0.15) is 18.9 Å². The van der Waals surface area contributed by atoms with Gasteiger partial charge in [-0.2, -0.15) is 8.78 Å². The highest BCUT2D eigenvalue weighted by molar-refractivity contribution is 6.31. The van der Waals surface area contributed by atoms with Gasteiger partial charge in [-0.25, -0.2) is 0 Å². The van der Waals surface area contributed by atoms with E-state index < -0.39 is 12.6 Å². The Morgan fingerprint density at radius 1 is 1.44 bits per heavy atom. The van der Waals surface area contributed by atoms with Crippen molar-refractivity contribution >= 4 is 17.6 Å². The summed E-state index contributed by atoms with van der Waals surface area (Å²) in [7, 11) is 0. The summed E-state index contributed by atoms with van der Waals surface area (Å²) in [6, 6.07) is 4.45. The van der Waals surface area contributed by atoms with Crippen molar-refractivity contribution in [3.05, 3.63) is 28.8 Å². The van der Waals surface area contributed by atoms with E-state index in [0.717, 1.165) is 0 Å². The molecule has 0 spiro atoms. The molecule has 0 fully saturated rings. The summed E-state index contributed by atoms with van der Waals surface area (Å²) >= 11 is 5.90. The molecule has 6 heteroatoms. The van der Waals surface area contributed by atoms with E-state index in [2.05, 4.69) is 4.74 Å². The minimum atomic E-state index is -2.93. The van der Waals surface area contributed by atoms with Crippen LogP contribution in [0.4, 0.5) is 8.78 Å². The molecular weight excluding hydrogens is 266 g/mol. The van der Waals surface area contributed by atoms with Crippen LogP contribution >= 0.6 is 11.6 Å². The predicted octanol–water partition coefficient (Wildman–Crippen LogP) is 3.44. The number of rotatable bonds is 6. The Hall–Kier alpha value is -1.36. The van der Waals surface area contributed by atoms with E-state index in [0.29, 0.717) is 5.56 Å². The average Bonchev–Trinajstić information content (AvgIpc) is 2.28. The van der Waals surface area contributed by atoms with Crippen LogP contribution in [0.25, 0.3) is 0 Å². The van der Waals surface area contributed by atoms with Crippen LogP contribution < -0.4 is 4.74 Å². The van der Waals surface area contributed by atoms with Crippen LogP contribution in [-0.4, -0.2) is 19.2 Å². The summed E-state index contributed by atoms with van der Waals surface area (Å²) in [5, 5.41) is 0.289. The van der Waals surface area contributed by atoms with Crippen LogP contribution in [0.5, 0.6) is 5.75 Å². The lowest BCUT2D eigenvalue weighted by Crippen LogP contribution is -2.08. The highest BCUT2D eigenvalue weighted by atomic mass is 35.5. The molecule has 3 nitrogen and oxygen atoms in total. The summed E-state index contributed by atoms with van der Waals surface area (Å²) in [6.07, 6.45) is 0.262. The normalized spacial score (nSPS) is 10.5. The zero-order chi connectivity index (χ0) is 13.5. The molecule has 0 amide bonds. The summed E-state index contributed by atoms with van der Waals surface area (Å²) in [4.78, 5) is 11.2. The second-order valence-electron chi connectivity index (χ2n) is 3.40. The number of benzene rings is 1. The molecule has 0 N–H and O–H groups in total. The minimum Gasteiger partial charge on any atom is -0.466 e. The Morgan fingerprint density at radius 2 is 2.17 bits per heavy atom. The molecule has 0 bridgehead atoms. The lowest BCUT2D eigenvalue weighted by atomic mass is 10.1. The van der Waals surface area contributed by atoms with Gasteiger partial charge in [0.05, 0.1) is 6.61 Å². The average molecular weight is 279 g/mol. The van der Waals surface area contributed by atoms with Gasteiger partial charge in [0, 0.05) is 17.0 Å². The fourth-order valence-corrected chi connectivity index (χ4v) is 1.71. The maximum absolute atomic E-state index is 12.2. The molecule has 0 heterocycles. The van der Waals surface area contributed by atoms with E-state index in [1.165, 1.54) is 12.1 Å². The summed E-state index contributed by atoms with van der Waals surface area (Å²) in [5.41, 5.74) is 0.382. The number of hydrogen-bond donors (Lipinski definition) is 0. The fourth-order valence-electron chi connectivity index (χ4n) is 1.45. The molecule has 0 saturated heterocycles. The molecule has 18 heavy (non-hydrogen) atoms. The molecule has 0 unspecified atom stereocenters. The Balaban J connectivity index is 2.76. The van der Waals surface area contributed by atoms with Crippen LogP contribution in [0, 0.1) is 0 Å². The highest BCUT2D eigenvalue weighted by Crippen LogP contribution is 2.29. The topological polar surface area (TPSA) is 35.5 Å². The van der Waals surface area contributed by atoms with Crippen molar-refractivity contribution in [2.24, 2.45) is 0 Å². The molecule has 100 valence electrons. The first-order chi connectivity index (χ1) is 8.54. The molecule has 0 aliphatic carbocycles. The van der Waals surface area contributed by atoms with Crippen molar-refractivity contribution in [3.63, 3.8) is 0 Å². The third kappa shape index (κ3) is 4.49. The molecule has 0 aliphatic heterocycles. The van der Waals surface area contributed by atoms with E-state index >= 15 is 0 Å². The largest absolute Gasteiger partial charge is 0.466 e. The maximum Gasteiger partial charge on any atom is 0.387 e. The smallest absolute Gasteiger partial charge is 0.387 e. The van der Waals surface area contributed by atoms with Gasteiger partial charge in [-0.05, 0) is 25.5 Å². The first-order valence-electron chi connectivity index (χ1n) is 5.42. The second-order valence-corrected chi connectivity index (χ2v) is 3.81. The molecule has 1 aromatic carbocycles. The van der Waals surface area contributed by atoms with Gasteiger partial charge in [0.1, 0.15) is 5.75 Å². The number of ether oxygens (including phenoxy) is 2. The Kier molecular flexibility index (Phi) is 5.85. The van der Waals surface area contributed by atoms with Crippen molar-refractivity contribution in [2.45, 2.75) is 26.4 Å². The maximum atomic E-state index is 12.2. The summed E-state index contributed by atoms with van der Waals surface area (Å²) in [5.74, 6) is -0.415. The first kappa shape index (κ1) is 14.7. The Bertz CT molecular complexity index is 410. The highest BCUT2D eigenvalue weighted by Gasteiger charge is 2.14. The monoisotopic (exact) mass is 278 g/mol. The predicted molar refractivity (Wildman–Crippen MR) is 63.0 cm³/mol. The molecule has 1 aromatic rings. The van der Waals surface area contributed by atoms with Crippen molar-refractivity contribution in [3.8, 4) is 5.75 Å². The number of alkyl halides is 2. The Morgan fingerprint density at radius 3 is 2.78 bits per heavy atom. The van der Waals surface area contributed by atoms with Gasteiger partial charge in [0.2, 0.25) is 0 Å². The van der Waals surface area contributed by atoms with Gasteiger partial charge >= 0.3 is 12.6 Å². The quantitative estimate of drug-likeness (QED) is 0.748. The van der Waals surface area contributed by atoms with Gasteiger partial charge in [-0.3, -0.25) is 4.79 Å². The lowest BCUT2D eigenvalue weighted by molar-refractivity contribution is -0.143. The van der Waals surface area contributed by atoms with Crippen molar-refractivity contribution in [2.75, 3.05) is 6.61 Å². The molecule has 1 rings (SSSR count). The third-order valence-corrected chi connectivity index (χ3v) is 2.53. The van der Waals surface area contributed by atoms with Crippen molar-refractivity contribution < 1.29 is 23.0 Å². The van der Waals surface area contributed by atoms with Crippen molar-refractivity contribution in [1.82, 2.24) is 0 Å². The summed E-state index contributed by atoms with van der Waals surface area (Å²) < 4.78 is 33.5. The van der Waals surface area contributed by atoms with E-state index in [9.17, 15) is 13.6 Å². The number of carbonyl (C=O) groups is 1. The summed E-state index contributed by atoms with van der Waals surface area (Å²) in [6.45, 7) is -0.953. The number of hydrogen-bond acceptors (Lipinski definition) is 3. The zero-order valence-electron chi connectivity index (χ0n) is 9.79. The third-order valence-electron chi connectivity index (χ3n) is 2.18. The van der Waals surface area contributed by atoms with E-state index in [4.69, 9.17) is 16.3 Å².